The number of rotatable bonds is 15. The number of hydrogen-bond acceptors (Lipinski definition) is 3. The molecule has 1 atom stereocenters. The number of hydrogen-bond donors (Lipinski definition) is 1. The van der Waals surface area contributed by atoms with Gasteiger partial charge in [-0.25, -0.2) is 4.57 Å². The molecule has 0 fully saturated rings. The Bertz CT molecular complexity index is 246. The summed E-state index contributed by atoms with van der Waals surface area (Å²) in [7, 11) is -3.79. The predicted octanol–water partition coefficient (Wildman–Crippen LogP) is 5.45. The maximum absolute atomic E-state index is 11.3. The van der Waals surface area contributed by atoms with Crippen molar-refractivity contribution >= 4 is 7.82 Å². The maximum atomic E-state index is 11.3. The number of phosphoric ester groups is 1. The molecule has 0 amide bonds. The molecule has 122 valence electrons. The first-order valence-electron chi connectivity index (χ1n) is 8.24. The molecule has 0 aliphatic heterocycles. The number of unbranched alkanes of at least 4 members (excludes halogenated alkanes) is 9. The predicted molar refractivity (Wildman–Crippen MR) is 83.9 cm³/mol. The van der Waals surface area contributed by atoms with Gasteiger partial charge in [0, 0.05) is 0 Å². The minimum atomic E-state index is -3.79. The second-order valence-corrected chi connectivity index (χ2v) is 6.77. The van der Waals surface area contributed by atoms with Gasteiger partial charge in [-0.1, -0.05) is 71.6 Å². The molecule has 0 aromatic rings. The van der Waals surface area contributed by atoms with Crippen LogP contribution in [-0.2, 0) is 13.6 Å². The standard InChI is InChI=1S/C15H33O4P/c1-3-5-6-7-8-9-10-11-12-13-15-19-20(16,17)18-14-4-2/h3-15H2,1-2H3,(H,16,17). The summed E-state index contributed by atoms with van der Waals surface area (Å²) in [5, 5.41) is 0. The summed E-state index contributed by atoms with van der Waals surface area (Å²) < 4.78 is 21.0. The molecule has 0 heterocycles. The van der Waals surface area contributed by atoms with Crippen LogP contribution in [0.25, 0.3) is 0 Å². The monoisotopic (exact) mass is 308 g/mol. The molecule has 0 rings (SSSR count). The molecular weight excluding hydrogens is 275 g/mol. The van der Waals surface area contributed by atoms with E-state index in [9.17, 15) is 9.46 Å². The Morgan fingerprint density at radius 3 is 1.65 bits per heavy atom. The zero-order valence-electron chi connectivity index (χ0n) is 13.3. The van der Waals surface area contributed by atoms with Crippen LogP contribution in [-0.4, -0.2) is 18.1 Å². The van der Waals surface area contributed by atoms with Gasteiger partial charge >= 0.3 is 7.82 Å². The van der Waals surface area contributed by atoms with E-state index >= 15 is 0 Å². The van der Waals surface area contributed by atoms with Gasteiger partial charge in [0.25, 0.3) is 0 Å². The average molecular weight is 308 g/mol. The molecule has 0 aliphatic rings. The van der Waals surface area contributed by atoms with E-state index in [2.05, 4.69) is 6.92 Å². The van der Waals surface area contributed by atoms with Crippen molar-refractivity contribution in [2.45, 2.75) is 84.5 Å². The highest BCUT2D eigenvalue weighted by molar-refractivity contribution is 7.47. The van der Waals surface area contributed by atoms with E-state index < -0.39 is 7.82 Å². The smallest absolute Gasteiger partial charge is 0.302 e. The Balaban J connectivity index is 3.22. The molecule has 0 bridgehead atoms. The van der Waals surface area contributed by atoms with E-state index in [1.54, 1.807) is 0 Å². The largest absolute Gasteiger partial charge is 0.472 e. The van der Waals surface area contributed by atoms with Crippen molar-refractivity contribution in [2.24, 2.45) is 0 Å². The lowest BCUT2D eigenvalue weighted by Crippen LogP contribution is -1.98. The van der Waals surface area contributed by atoms with E-state index in [4.69, 9.17) is 9.05 Å². The van der Waals surface area contributed by atoms with Crippen molar-refractivity contribution in [3.8, 4) is 0 Å². The van der Waals surface area contributed by atoms with Crippen molar-refractivity contribution in [1.82, 2.24) is 0 Å². The summed E-state index contributed by atoms with van der Waals surface area (Å²) in [5.74, 6) is 0. The van der Waals surface area contributed by atoms with E-state index in [1.807, 2.05) is 6.92 Å². The minimum Gasteiger partial charge on any atom is -0.302 e. The molecule has 1 N–H and O–H groups in total. The van der Waals surface area contributed by atoms with Crippen LogP contribution in [0, 0.1) is 0 Å². The maximum Gasteiger partial charge on any atom is 0.472 e. The van der Waals surface area contributed by atoms with Gasteiger partial charge in [0.05, 0.1) is 13.2 Å². The van der Waals surface area contributed by atoms with Gasteiger partial charge in [0.1, 0.15) is 0 Å². The molecule has 0 saturated heterocycles. The lowest BCUT2D eigenvalue weighted by atomic mass is 10.1. The van der Waals surface area contributed by atoms with Crippen LogP contribution in [0.5, 0.6) is 0 Å². The molecule has 0 spiro atoms. The molecule has 4 nitrogen and oxygen atoms in total. The van der Waals surface area contributed by atoms with Crippen LogP contribution >= 0.6 is 7.82 Å². The molecule has 20 heavy (non-hydrogen) atoms. The highest BCUT2D eigenvalue weighted by Crippen LogP contribution is 2.43. The van der Waals surface area contributed by atoms with Gasteiger partial charge in [-0.05, 0) is 12.8 Å². The Hall–Kier alpha value is 0.110. The van der Waals surface area contributed by atoms with Crippen molar-refractivity contribution in [3.63, 3.8) is 0 Å². The van der Waals surface area contributed by atoms with Gasteiger partial charge < -0.3 is 4.89 Å². The summed E-state index contributed by atoms with van der Waals surface area (Å²) in [4.78, 5) is 9.30. The molecule has 0 saturated carbocycles. The van der Waals surface area contributed by atoms with Crippen molar-refractivity contribution in [1.29, 1.82) is 0 Å². The van der Waals surface area contributed by atoms with Gasteiger partial charge in [-0.15, -0.1) is 0 Å². The first-order chi connectivity index (χ1) is 9.62. The molecule has 0 radical (unpaired) electrons. The van der Waals surface area contributed by atoms with E-state index in [1.165, 1.54) is 51.4 Å². The fourth-order valence-corrected chi connectivity index (χ4v) is 2.86. The summed E-state index contributed by atoms with van der Waals surface area (Å²) in [5.41, 5.74) is 0. The molecular formula is C15H33O4P. The van der Waals surface area contributed by atoms with Crippen LogP contribution in [0.1, 0.15) is 84.5 Å². The highest BCUT2D eigenvalue weighted by atomic mass is 31.2. The molecule has 1 unspecified atom stereocenters. The second kappa shape index (κ2) is 14.1. The zero-order chi connectivity index (χ0) is 15.1. The lowest BCUT2D eigenvalue weighted by Gasteiger charge is -2.11. The lowest BCUT2D eigenvalue weighted by molar-refractivity contribution is 0.147. The third-order valence-corrected chi connectivity index (χ3v) is 4.23. The van der Waals surface area contributed by atoms with E-state index in [0.29, 0.717) is 13.0 Å². The summed E-state index contributed by atoms with van der Waals surface area (Å²) >= 11 is 0. The molecule has 0 aromatic carbocycles. The van der Waals surface area contributed by atoms with E-state index in [-0.39, 0.29) is 6.61 Å². The van der Waals surface area contributed by atoms with Crippen LogP contribution in [0.3, 0.4) is 0 Å². The van der Waals surface area contributed by atoms with Gasteiger partial charge in [0.15, 0.2) is 0 Å². The van der Waals surface area contributed by atoms with Gasteiger partial charge in [0.2, 0.25) is 0 Å². The fraction of sp³-hybridized carbons (Fsp3) is 1.00. The minimum absolute atomic E-state index is 0.270. The average Bonchev–Trinajstić information content (AvgIpc) is 2.42. The van der Waals surface area contributed by atoms with Crippen LogP contribution in [0.4, 0.5) is 0 Å². The van der Waals surface area contributed by atoms with Crippen LogP contribution in [0.2, 0.25) is 0 Å². The van der Waals surface area contributed by atoms with E-state index in [0.717, 1.165) is 12.8 Å². The van der Waals surface area contributed by atoms with Crippen molar-refractivity contribution in [2.75, 3.05) is 13.2 Å². The Labute approximate surface area is 124 Å². The fourth-order valence-electron chi connectivity index (χ4n) is 2.01. The third-order valence-electron chi connectivity index (χ3n) is 3.21. The number of phosphoric acid groups is 1. The SMILES string of the molecule is CCCCCCCCCCCCOP(=O)(O)OCCC. The Morgan fingerprint density at radius 1 is 0.700 bits per heavy atom. The van der Waals surface area contributed by atoms with Crippen molar-refractivity contribution < 1.29 is 18.5 Å². The first kappa shape index (κ1) is 20.1. The topological polar surface area (TPSA) is 55.8 Å². The van der Waals surface area contributed by atoms with Gasteiger partial charge in [-0.2, -0.15) is 0 Å². The summed E-state index contributed by atoms with van der Waals surface area (Å²) in [6.07, 6.45) is 13.1. The quantitative estimate of drug-likeness (QED) is 0.323. The normalized spacial score (nSPS) is 14.3. The zero-order valence-corrected chi connectivity index (χ0v) is 14.2. The highest BCUT2D eigenvalue weighted by Gasteiger charge is 2.19. The summed E-state index contributed by atoms with van der Waals surface area (Å²) in [6.45, 7) is 4.71. The Kier molecular flexibility index (Phi) is 14.1. The third kappa shape index (κ3) is 14.5. The molecule has 0 aliphatic carbocycles. The van der Waals surface area contributed by atoms with Crippen LogP contribution in [0.15, 0.2) is 0 Å². The van der Waals surface area contributed by atoms with Crippen LogP contribution < -0.4 is 0 Å². The second-order valence-electron chi connectivity index (χ2n) is 5.32. The van der Waals surface area contributed by atoms with Crippen molar-refractivity contribution in [3.05, 3.63) is 0 Å². The van der Waals surface area contributed by atoms with Gasteiger partial charge in [-0.3, -0.25) is 9.05 Å². The molecule has 5 heteroatoms. The first-order valence-corrected chi connectivity index (χ1v) is 9.73. The molecule has 0 aromatic heterocycles. The summed E-state index contributed by atoms with van der Waals surface area (Å²) in [6, 6.07) is 0. The Morgan fingerprint density at radius 2 is 1.15 bits per heavy atom.